The molecule has 9 nitrogen and oxygen atoms in total. The first-order chi connectivity index (χ1) is 12.6. The smallest absolute Gasteiger partial charge is 0.412 e. The Morgan fingerprint density at radius 2 is 1.74 bits per heavy atom. The van der Waals surface area contributed by atoms with Gasteiger partial charge in [0.25, 0.3) is 5.91 Å². The number of ether oxygens (including phenoxy) is 2. The summed E-state index contributed by atoms with van der Waals surface area (Å²) >= 11 is 0. The van der Waals surface area contributed by atoms with E-state index in [0.29, 0.717) is 12.2 Å². The third-order valence-electron chi connectivity index (χ3n) is 2.90. The Kier molecular flexibility index (Phi) is 8.25. The second kappa shape index (κ2) is 10.1. The molecule has 0 fully saturated rings. The number of esters is 1. The van der Waals surface area contributed by atoms with Crippen LogP contribution in [-0.4, -0.2) is 49.2 Å². The third kappa shape index (κ3) is 9.24. The second-order valence-corrected chi connectivity index (χ2v) is 6.51. The maximum Gasteiger partial charge on any atom is 0.412 e. The van der Waals surface area contributed by atoms with Crippen molar-refractivity contribution in [1.29, 1.82) is 0 Å². The average Bonchev–Trinajstić information content (AvgIpc) is 2.56. The van der Waals surface area contributed by atoms with E-state index in [2.05, 4.69) is 16.0 Å². The van der Waals surface area contributed by atoms with Crippen LogP contribution in [-0.2, 0) is 19.1 Å². The number of nitrogens with one attached hydrogen (secondary N) is 3. The van der Waals surface area contributed by atoms with E-state index in [-0.39, 0.29) is 18.0 Å². The molecule has 0 atom stereocenters. The monoisotopic (exact) mass is 379 g/mol. The molecule has 3 amide bonds. The van der Waals surface area contributed by atoms with Crippen LogP contribution < -0.4 is 16.0 Å². The van der Waals surface area contributed by atoms with E-state index in [9.17, 15) is 19.2 Å². The molecule has 1 aromatic carbocycles. The van der Waals surface area contributed by atoms with Crippen LogP contribution >= 0.6 is 0 Å². The number of rotatable bonds is 7. The van der Waals surface area contributed by atoms with Gasteiger partial charge in [0.15, 0.2) is 6.61 Å². The van der Waals surface area contributed by atoms with Gasteiger partial charge in [-0.3, -0.25) is 14.9 Å². The summed E-state index contributed by atoms with van der Waals surface area (Å²) in [6.07, 6.45) is -0.655. The quantitative estimate of drug-likeness (QED) is 0.616. The predicted molar refractivity (Wildman–Crippen MR) is 98.3 cm³/mol. The summed E-state index contributed by atoms with van der Waals surface area (Å²) in [6.45, 7) is 6.69. The van der Waals surface area contributed by atoms with E-state index in [0.717, 1.165) is 0 Å². The highest BCUT2D eigenvalue weighted by Gasteiger charge is 2.17. The molecule has 27 heavy (non-hydrogen) atoms. The summed E-state index contributed by atoms with van der Waals surface area (Å²) in [5.41, 5.74) is -0.151. The van der Waals surface area contributed by atoms with Crippen molar-refractivity contribution < 1.29 is 28.7 Å². The summed E-state index contributed by atoms with van der Waals surface area (Å²) in [5.74, 6) is -1.67. The van der Waals surface area contributed by atoms with Crippen molar-refractivity contribution in [1.82, 2.24) is 10.6 Å². The number of benzene rings is 1. The summed E-state index contributed by atoms with van der Waals surface area (Å²) in [4.78, 5) is 46.6. The van der Waals surface area contributed by atoms with Crippen molar-refractivity contribution in [2.75, 3.05) is 25.0 Å². The highest BCUT2D eigenvalue weighted by atomic mass is 16.6. The van der Waals surface area contributed by atoms with E-state index in [1.165, 1.54) is 12.1 Å². The topological polar surface area (TPSA) is 123 Å². The molecule has 3 N–H and O–H groups in total. The lowest BCUT2D eigenvalue weighted by Gasteiger charge is -2.19. The third-order valence-corrected chi connectivity index (χ3v) is 2.90. The van der Waals surface area contributed by atoms with E-state index < -0.39 is 30.2 Å². The van der Waals surface area contributed by atoms with E-state index in [1.54, 1.807) is 39.8 Å². The first kappa shape index (κ1) is 21.9. The van der Waals surface area contributed by atoms with Gasteiger partial charge in [-0.05, 0) is 45.9 Å². The van der Waals surface area contributed by atoms with Crippen LogP contribution in [0.2, 0.25) is 0 Å². The zero-order valence-corrected chi connectivity index (χ0v) is 15.9. The summed E-state index contributed by atoms with van der Waals surface area (Å²) in [5, 5.41) is 7.36. The minimum atomic E-state index is -0.740. The summed E-state index contributed by atoms with van der Waals surface area (Å²) in [6, 6.07) is 6.02. The molecule has 0 heterocycles. The van der Waals surface area contributed by atoms with Crippen LogP contribution in [0.5, 0.6) is 0 Å². The Balaban J connectivity index is 2.52. The molecule has 0 aliphatic carbocycles. The van der Waals surface area contributed by atoms with Crippen molar-refractivity contribution in [3.05, 3.63) is 29.8 Å². The number of anilines is 1. The van der Waals surface area contributed by atoms with Gasteiger partial charge in [-0.2, -0.15) is 0 Å². The highest BCUT2D eigenvalue weighted by molar-refractivity contribution is 5.94. The maximum atomic E-state index is 12.0. The fraction of sp³-hybridized carbons (Fsp3) is 0.444. The van der Waals surface area contributed by atoms with Crippen molar-refractivity contribution in [3.63, 3.8) is 0 Å². The van der Waals surface area contributed by atoms with Gasteiger partial charge in [-0.25, -0.2) is 9.59 Å². The molecule has 0 spiro atoms. The van der Waals surface area contributed by atoms with Crippen LogP contribution in [0.4, 0.5) is 10.5 Å². The van der Waals surface area contributed by atoms with Gasteiger partial charge in [-0.15, -0.1) is 0 Å². The molecular formula is C18H25N3O6. The zero-order chi connectivity index (χ0) is 20.4. The molecule has 0 aromatic heterocycles. The van der Waals surface area contributed by atoms with Crippen LogP contribution in [0, 0.1) is 0 Å². The highest BCUT2D eigenvalue weighted by Crippen LogP contribution is 2.14. The SMILES string of the molecule is CCNC(=O)CNC(=O)COC(=O)c1cccc(NC(=O)OC(C)(C)C)c1. The molecule has 0 unspecified atom stereocenters. The predicted octanol–water partition coefficient (Wildman–Crippen LogP) is 1.44. The summed E-state index contributed by atoms with van der Waals surface area (Å²) in [7, 11) is 0. The van der Waals surface area contributed by atoms with Gasteiger partial charge in [-0.1, -0.05) is 6.07 Å². The van der Waals surface area contributed by atoms with Crippen molar-refractivity contribution in [2.24, 2.45) is 0 Å². The number of carbonyl (C=O) groups is 4. The standard InChI is InChI=1S/C18H25N3O6/c1-5-19-14(22)10-20-15(23)11-26-16(24)12-7-6-8-13(9-12)21-17(25)27-18(2,3)4/h6-9H,5,10-11H2,1-4H3,(H,19,22)(H,20,23)(H,21,25). The van der Waals surface area contributed by atoms with Gasteiger partial charge < -0.3 is 20.1 Å². The lowest BCUT2D eigenvalue weighted by Crippen LogP contribution is -2.38. The normalized spacial score (nSPS) is 10.5. The van der Waals surface area contributed by atoms with Gasteiger partial charge in [0.2, 0.25) is 5.91 Å². The zero-order valence-electron chi connectivity index (χ0n) is 15.9. The minimum absolute atomic E-state index is 0.153. The van der Waals surface area contributed by atoms with E-state index in [1.807, 2.05) is 0 Å². The molecule has 1 aromatic rings. The molecule has 0 radical (unpaired) electrons. The van der Waals surface area contributed by atoms with Gasteiger partial charge in [0, 0.05) is 12.2 Å². The second-order valence-electron chi connectivity index (χ2n) is 6.51. The number of likely N-dealkylation sites (N-methyl/N-ethyl adjacent to an activating group) is 1. The lowest BCUT2D eigenvalue weighted by molar-refractivity contribution is -0.127. The number of amides is 3. The fourth-order valence-electron chi connectivity index (χ4n) is 1.85. The van der Waals surface area contributed by atoms with Crippen molar-refractivity contribution in [2.45, 2.75) is 33.3 Å². The van der Waals surface area contributed by atoms with Gasteiger partial charge in [0.1, 0.15) is 5.60 Å². The average molecular weight is 379 g/mol. The molecule has 0 saturated heterocycles. The molecule has 9 heteroatoms. The van der Waals surface area contributed by atoms with Gasteiger partial charge >= 0.3 is 12.1 Å². The number of hydrogen-bond acceptors (Lipinski definition) is 6. The fourth-order valence-corrected chi connectivity index (χ4v) is 1.85. The van der Waals surface area contributed by atoms with Crippen molar-refractivity contribution in [3.8, 4) is 0 Å². The molecule has 0 bridgehead atoms. The molecular weight excluding hydrogens is 354 g/mol. The molecule has 1 rings (SSSR count). The van der Waals surface area contributed by atoms with Crippen LogP contribution in [0.25, 0.3) is 0 Å². The molecule has 148 valence electrons. The largest absolute Gasteiger partial charge is 0.452 e. The first-order valence-electron chi connectivity index (χ1n) is 8.41. The Bertz CT molecular complexity index is 697. The summed E-state index contributed by atoms with van der Waals surface area (Å²) < 4.78 is 10.0. The number of hydrogen-bond donors (Lipinski definition) is 3. The Labute approximate surface area is 157 Å². The molecule has 0 aliphatic rings. The van der Waals surface area contributed by atoms with Crippen LogP contribution in [0.1, 0.15) is 38.1 Å². The molecule has 0 aliphatic heterocycles. The number of carbonyl (C=O) groups excluding carboxylic acids is 4. The van der Waals surface area contributed by atoms with Gasteiger partial charge in [0.05, 0.1) is 12.1 Å². The van der Waals surface area contributed by atoms with E-state index >= 15 is 0 Å². The van der Waals surface area contributed by atoms with Crippen LogP contribution in [0.15, 0.2) is 24.3 Å². The van der Waals surface area contributed by atoms with Crippen LogP contribution in [0.3, 0.4) is 0 Å². The first-order valence-corrected chi connectivity index (χ1v) is 8.41. The maximum absolute atomic E-state index is 12.0. The Hall–Kier alpha value is -3.10. The van der Waals surface area contributed by atoms with E-state index in [4.69, 9.17) is 9.47 Å². The van der Waals surface area contributed by atoms with Crippen molar-refractivity contribution >= 4 is 29.6 Å². The minimum Gasteiger partial charge on any atom is -0.452 e. The Morgan fingerprint density at radius 1 is 1.04 bits per heavy atom. The Morgan fingerprint density at radius 3 is 2.37 bits per heavy atom. The lowest BCUT2D eigenvalue weighted by atomic mass is 10.2. The molecule has 0 saturated carbocycles.